The van der Waals surface area contributed by atoms with Gasteiger partial charge < -0.3 is 10.1 Å². The van der Waals surface area contributed by atoms with E-state index >= 15 is 0 Å². The van der Waals surface area contributed by atoms with Crippen molar-refractivity contribution in [2.45, 2.75) is 19.4 Å². The van der Waals surface area contributed by atoms with Crippen molar-refractivity contribution in [1.82, 2.24) is 15.5 Å². The zero-order valence-electron chi connectivity index (χ0n) is 9.78. The highest BCUT2D eigenvalue weighted by Gasteiger charge is 2.23. The first-order valence-corrected chi connectivity index (χ1v) is 5.50. The maximum Gasteiger partial charge on any atom is 0.413 e. The minimum atomic E-state index is -0.703. The van der Waals surface area contributed by atoms with Crippen LogP contribution in [0.4, 0.5) is 4.79 Å². The van der Waals surface area contributed by atoms with Gasteiger partial charge in [-0.2, -0.15) is 0 Å². The smallest absolute Gasteiger partial charge is 0.413 e. The molecule has 0 spiro atoms. The van der Waals surface area contributed by atoms with Gasteiger partial charge in [-0.1, -0.05) is 6.92 Å². The van der Waals surface area contributed by atoms with Crippen molar-refractivity contribution in [3.8, 4) is 0 Å². The molecular formula is C10H19N3O3. The number of alkyl carbamates (subject to hydrolysis) is 1. The zero-order valence-corrected chi connectivity index (χ0v) is 9.78. The highest BCUT2D eigenvalue weighted by atomic mass is 16.5. The maximum atomic E-state index is 11.5. The lowest BCUT2D eigenvalue weighted by Gasteiger charge is -2.25. The van der Waals surface area contributed by atoms with Crippen LogP contribution in [-0.4, -0.2) is 56.2 Å². The average Bonchev–Trinajstić information content (AvgIpc) is 2.79. The second kappa shape index (κ2) is 6.44. The third-order valence-electron chi connectivity index (χ3n) is 2.73. The Morgan fingerprint density at radius 2 is 2.31 bits per heavy atom. The van der Waals surface area contributed by atoms with Gasteiger partial charge in [0.2, 0.25) is 5.91 Å². The van der Waals surface area contributed by atoms with E-state index in [1.807, 2.05) is 6.92 Å². The summed E-state index contributed by atoms with van der Waals surface area (Å²) in [5.41, 5.74) is 0. The molecule has 0 saturated carbocycles. The standard InChI is InChI=1S/C10H19N3O3/c1-3-13(8-4-5-11-6-8)7-9(14)12-10(15)16-2/h8,11H,3-7H2,1-2H3,(H,12,14,15). The molecule has 0 aromatic rings. The maximum absolute atomic E-state index is 11.5. The molecule has 1 heterocycles. The van der Waals surface area contributed by atoms with E-state index in [1.165, 1.54) is 7.11 Å². The number of carbonyl (C=O) groups is 2. The SMILES string of the molecule is CCN(CC(=O)NC(=O)OC)C1CCNC1. The van der Waals surface area contributed by atoms with Gasteiger partial charge in [0.05, 0.1) is 13.7 Å². The van der Waals surface area contributed by atoms with Crippen molar-refractivity contribution >= 4 is 12.0 Å². The second-order valence-corrected chi connectivity index (χ2v) is 3.75. The molecule has 1 unspecified atom stereocenters. The molecule has 16 heavy (non-hydrogen) atoms. The first-order valence-electron chi connectivity index (χ1n) is 5.50. The van der Waals surface area contributed by atoms with Crippen molar-refractivity contribution in [1.29, 1.82) is 0 Å². The fourth-order valence-electron chi connectivity index (χ4n) is 1.84. The van der Waals surface area contributed by atoms with E-state index in [4.69, 9.17) is 0 Å². The van der Waals surface area contributed by atoms with Crippen molar-refractivity contribution < 1.29 is 14.3 Å². The molecule has 2 N–H and O–H groups in total. The lowest BCUT2D eigenvalue weighted by atomic mass is 10.2. The van der Waals surface area contributed by atoms with Crippen LogP contribution in [-0.2, 0) is 9.53 Å². The molecule has 6 heteroatoms. The largest absolute Gasteiger partial charge is 0.453 e. The van der Waals surface area contributed by atoms with Crippen LogP contribution in [0.5, 0.6) is 0 Å². The molecule has 1 saturated heterocycles. The highest BCUT2D eigenvalue weighted by molar-refractivity contribution is 5.92. The van der Waals surface area contributed by atoms with Crippen LogP contribution in [0.15, 0.2) is 0 Å². The number of likely N-dealkylation sites (N-methyl/N-ethyl adjacent to an activating group) is 1. The van der Waals surface area contributed by atoms with Gasteiger partial charge in [0.15, 0.2) is 0 Å². The molecule has 0 bridgehead atoms. The fraction of sp³-hybridized carbons (Fsp3) is 0.800. The van der Waals surface area contributed by atoms with E-state index in [0.29, 0.717) is 6.04 Å². The number of nitrogens with zero attached hydrogens (tertiary/aromatic N) is 1. The zero-order chi connectivity index (χ0) is 12.0. The minimum Gasteiger partial charge on any atom is -0.453 e. The predicted molar refractivity (Wildman–Crippen MR) is 59.1 cm³/mol. The molecule has 1 aliphatic heterocycles. The molecule has 0 aromatic carbocycles. The van der Waals surface area contributed by atoms with Crippen molar-refractivity contribution in [2.75, 3.05) is 33.3 Å². The molecule has 1 atom stereocenters. The Morgan fingerprint density at radius 3 is 2.81 bits per heavy atom. The second-order valence-electron chi connectivity index (χ2n) is 3.75. The Hall–Kier alpha value is -1.14. The number of ether oxygens (including phenoxy) is 1. The molecular weight excluding hydrogens is 210 g/mol. The monoisotopic (exact) mass is 229 g/mol. The van der Waals surface area contributed by atoms with Crippen molar-refractivity contribution in [3.63, 3.8) is 0 Å². The minimum absolute atomic E-state index is 0.234. The van der Waals surface area contributed by atoms with Crippen LogP contribution in [0.2, 0.25) is 0 Å². The third kappa shape index (κ3) is 3.79. The van der Waals surface area contributed by atoms with Crippen LogP contribution in [0.25, 0.3) is 0 Å². The number of rotatable bonds is 4. The number of carbonyl (C=O) groups excluding carboxylic acids is 2. The molecule has 1 rings (SSSR count). The van der Waals surface area contributed by atoms with E-state index in [9.17, 15) is 9.59 Å². The number of hydrogen-bond acceptors (Lipinski definition) is 5. The van der Waals surface area contributed by atoms with Gasteiger partial charge in [-0.3, -0.25) is 15.0 Å². The van der Waals surface area contributed by atoms with Gasteiger partial charge in [-0.05, 0) is 19.5 Å². The lowest BCUT2D eigenvalue weighted by Crippen LogP contribution is -2.45. The summed E-state index contributed by atoms with van der Waals surface area (Å²) in [4.78, 5) is 24.3. The van der Waals surface area contributed by atoms with E-state index in [2.05, 4.69) is 20.3 Å². The lowest BCUT2D eigenvalue weighted by molar-refractivity contribution is -0.122. The summed E-state index contributed by atoms with van der Waals surface area (Å²) in [7, 11) is 1.24. The molecule has 1 fully saturated rings. The molecule has 0 radical (unpaired) electrons. The normalized spacial score (nSPS) is 19.8. The fourth-order valence-corrected chi connectivity index (χ4v) is 1.84. The third-order valence-corrected chi connectivity index (χ3v) is 2.73. The summed E-state index contributed by atoms with van der Waals surface area (Å²) in [6.45, 7) is 4.92. The average molecular weight is 229 g/mol. The summed E-state index contributed by atoms with van der Waals surface area (Å²) in [5, 5.41) is 5.40. The summed E-state index contributed by atoms with van der Waals surface area (Å²) in [6.07, 6.45) is 0.338. The molecule has 2 amide bonds. The number of methoxy groups -OCH3 is 1. The van der Waals surface area contributed by atoms with Crippen LogP contribution < -0.4 is 10.6 Å². The molecule has 0 aromatic heterocycles. The van der Waals surface area contributed by atoms with Gasteiger partial charge >= 0.3 is 6.09 Å². The Kier molecular flexibility index (Phi) is 5.21. The molecule has 0 aliphatic carbocycles. The Morgan fingerprint density at radius 1 is 1.56 bits per heavy atom. The van der Waals surface area contributed by atoms with Crippen molar-refractivity contribution in [3.05, 3.63) is 0 Å². The summed E-state index contributed by atoms with van der Waals surface area (Å²) < 4.78 is 4.36. The molecule has 92 valence electrons. The van der Waals surface area contributed by atoms with E-state index in [1.54, 1.807) is 0 Å². The molecule has 6 nitrogen and oxygen atoms in total. The van der Waals surface area contributed by atoms with E-state index in [0.717, 1.165) is 26.1 Å². The predicted octanol–water partition coefficient (Wildman–Crippen LogP) is -0.447. The van der Waals surface area contributed by atoms with E-state index in [-0.39, 0.29) is 12.5 Å². The first-order chi connectivity index (χ1) is 7.67. The first kappa shape index (κ1) is 12.9. The van der Waals surface area contributed by atoms with Gasteiger partial charge in [0.1, 0.15) is 0 Å². The van der Waals surface area contributed by atoms with Gasteiger partial charge in [-0.15, -0.1) is 0 Å². The summed E-state index contributed by atoms with van der Waals surface area (Å²) in [6, 6.07) is 0.383. The topological polar surface area (TPSA) is 70.7 Å². The summed E-state index contributed by atoms with van der Waals surface area (Å²) in [5.74, 6) is -0.319. The van der Waals surface area contributed by atoms with Crippen LogP contribution >= 0.6 is 0 Å². The number of hydrogen-bond donors (Lipinski definition) is 2. The quantitative estimate of drug-likeness (QED) is 0.683. The number of amides is 2. The number of imide groups is 1. The Balaban J connectivity index is 2.37. The Labute approximate surface area is 95.3 Å². The number of nitrogens with one attached hydrogen (secondary N) is 2. The molecule has 1 aliphatic rings. The van der Waals surface area contributed by atoms with Gasteiger partial charge in [0, 0.05) is 12.6 Å². The van der Waals surface area contributed by atoms with Crippen LogP contribution in [0.1, 0.15) is 13.3 Å². The van der Waals surface area contributed by atoms with E-state index < -0.39 is 6.09 Å². The van der Waals surface area contributed by atoms with Gasteiger partial charge in [-0.25, -0.2) is 4.79 Å². The van der Waals surface area contributed by atoms with Crippen LogP contribution in [0.3, 0.4) is 0 Å². The Bertz CT molecular complexity index is 252. The highest BCUT2D eigenvalue weighted by Crippen LogP contribution is 2.07. The summed E-state index contributed by atoms with van der Waals surface area (Å²) >= 11 is 0. The van der Waals surface area contributed by atoms with Crippen LogP contribution in [0, 0.1) is 0 Å². The van der Waals surface area contributed by atoms with Gasteiger partial charge in [0.25, 0.3) is 0 Å². The van der Waals surface area contributed by atoms with Crippen molar-refractivity contribution in [2.24, 2.45) is 0 Å².